The van der Waals surface area contributed by atoms with Gasteiger partial charge in [0.05, 0.1) is 5.60 Å². The second-order valence-electron chi connectivity index (χ2n) is 3.60. The minimum Gasteiger partial charge on any atom is -0.386 e. The second-order valence-corrected chi connectivity index (χ2v) is 3.60. The molecule has 0 rings (SSSR count). The normalized spacial score (nSPS) is 16.8. The third-order valence-corrected chi connectivity index (χ3v) is 2.62. The zero-order valence-electron chi connectivity index (χ0n) is 9.14. The van der Waals surface area contributed by atoms with Gasteiger partial charge in [-0.3, -0.25) is 0 Å². The lowest BCUT2D eigenvalue weighted by Gasteiger charge is -2.21. The molecule has 76 valence electrons. The molecular formula is C12H22O. The van der Waals surface area contributed by atoms with E-state index >= 15 is 0 Å². The van der Waals surface area contributed by atoms with Gasteiger partial charge in [0, 0.05) is 0 Å². The van der Waals surface area contributed by atoms with Gasteiger partial charge >= 0.3 is 0 Å². The number of allylic oxidation sites excluding steroid dienone is 2. The number of hydrogen-bond donors (Lipinski definition) is 1. The van der Waals surface area contributed by atoms with Crippen molar-refractivity contribution in [2.45, 2.75) is 52.1 Å². The Labute approximate surface area is 82.2 Å². The Kier molecular flexibility index (Phi) is 5.72. The average molecular weight is 182 g/mol. The van der Waals surface area contributed by atoms with Gasteiger partial charge in [0.15, 0.2) is 0 Å². The lowest BCUT2D eigenvalue weighted by Crippen LogP contribution is -2.23. The highest BCUT2D eigenvalue weighted by molar-refractivity contribution is 5.00. The van der Waals surface area contributed by atoms with Gasteiger partial charge in [-0.2, -0.15) is 0 Å². The summed E-state index contributed by atoms with van der Waals surface area (Å²) in [6, 6.07) is 0. The lowest BCUT2D eigenvalue weighted by atomic mass is 9.94. The van der Waals surface area contributed by atoms with E-state index in [0.717, 1.165) is 25.7 Å². The lowest BCUT2D eigenvalue weighted by molar-refractivity contribution is 0.0788. The van der Waals surface area contributed by atoms with E-state index < -0.39 is 5.60 Å². The van der Waals surface area contributed by atoms with Crippen LogP contribution in [0.2, 0.25) is 0 Å². The van der Waals surface area contributed by atoms with E-state index in [2.05, 4.69) is 26.5 Å². The molecule has 0 aromatic rings. The van der Waals surface area contributed by atoms with Crippen LogP contribution in [0, 0.1) is 0 Å². The summed E-state index contributed by atoms with van der Waals surface area (Å²) in [4.78, 5) is 0. The van der Waals surface area contributed by atoms with Crippen LogP contribution in [0.5, 0.6) is 0 Å². The van der Waals surface area contributed by atoms with Crippen LogP contribution in [-0.2, 0) is 0 Å². The second kappa shape index (κ2) is 5.98. The monoisotopic (exact) mass is 182 g/mol. The van der Waals surface area contributed by atoms with Crippen LogP contribution >= 0.6 is 0 Å². The molecule has 1 N–H and O–H groups in total. The molecule has 1 heteroatoms. The predicted octanol–water partition coefficient (Wildman–Crippen LogP) is 3.45. The fraction of sp³-hybridized carbons (Fsp3) is 0.667. The summed E-state index contributed by atoms with van der Waals surface area (Å²) < 4.78 is 0. The maximum absolute atomic E-state index is 9.87. The zero-order chi connectivity index (χ0) is 10.3. The average Bonchev–Trinajstić information content (AvgIpc) is 2.17. The molecule has 0 saturated heterocycles. The van der Waals surface area contributed by atoms with E-state index in [1.807, 2.05) is 6.92 Å². The molecule has 0 amide bonds. The summed E-state index contributed by atoms with van der Waals surface area (Å²) in [5, 5.41) is 9.87. The first-order valence-corrected chi connectivity index (χ1v) is 5.09. The highest BCUT2D eigenvalue weighted by Crippen LogP contribution is 2.19. The molecule has 0 aliphatic rings. The zero-order valence-corrected chi connectivity index (χ0v) is 9.14. The maximum Gasteiger partial charge on any atom is 0.0825 e. The van der Waals surface area contributed by atoms with Crippen LogP contribution < -0.4 is 0 Å². The molecule has 0 aromatic heterocycles. The molecule has 13 heavy (non-hydrogen) atoms. The van der Waals surface area contributed by atoms with Crippen molar-refractivity contribution in [2.75, 3.05) is 0 Å². The van der Waals surface area contributed by atoms with Gasteiger partial charge in [-0.05, 0) is 32.6 Å². The molecule has 0 bridgehead atoms. The number of hydrogen-bond acceptors (Lipinski definition) is 1. The van der Waals surface area contributed by atoms with E-state index in [1.54, 1.807) is 6.08 Å². The van der Waals surface area contributed by atoms with Crippen molar-refractivity contribution in [3.63, 3.8) is 0 Å². The third-order valence-electron chi connectivity index (χ3n) is 2.62. The Morgan fingerprint density at radius 1 is 1.46 bits per heavy atom. The Morgan fingerprint density at radius 2 is 2.08 bits per heavy atom. The van der Waals surface area contributed by atoms with Gasteiger partial charge in [0.2, 0.25) is 0 Å². The van der Waals surface area contributed by atoms with Crippen LogP contribution in [0.4, 0.5) is 0 Å². The molecule has 0 heterocycles. The van der Waals surface area contributed by atoms with E-state index in [9.17, 15) is 5.11 Å². The summed E-state index contributed by atoms with van der Waals surface area (Å²) in [6.07, 6.45) is 7.42. The molecule has 0 radical (unpaired) electrons. The standard InChI is InChI=1S/C12H22O/c1-5-11(4)9-8-10-12(13,6-2)7-3/h6,9,13H,2,5,7-8,10H2,1,3-4H3. The van der Waals surface area contributed by atoms with E-state index in [0.29, 0.717) is 0 Å². The van der Waals surface area contributed by atoms with E-state index in [-0.39, 0.29) is 0 Å². The Morgan fingerprint density at radius 3 is 2.46 bits per heavy atom. The summed E-state index contributed by atoms with van der Waals surface area (Å²) >= 11 is 0. The van der Waals surface area contributed by atoms with Crippen LogP contribution in [0.15, 0.2) is 24.3 Å². The minimum absolute atomic E-state index is 0.662. The first kappa shape index (κ1) is 12.4. The fourth-order valence-corrected chi connectivity index (χ4v) is 1.14. The van der Waals surface area contributed by atoms with Crippen LogP contribution in [0.1, 0.15) is 46.5 Å². The smallest absolute Gasteiger partial charge is 0.0825 e. The number of rotatable bonds is 6. The highest BCUT2D eigenvalue weighted by Gasteiger charge is 2.18. The van der Waals surface area contributed by atoms with E-state index in [4.69, 9.17) is 0 Å². The maximum atomic E-state index is 9.87. The molecule has 1 nitrogen and oxygen atoms in total. The van der Waals surface area contributed by atoms with Gasteiger partial charge in [-0.1, -0.05) is 31.6 Å². The van der Waals surface area contributed by atoms with Crippen molar-refractivity contribution < 1.29 is 5.11 Å². The molecule has 0 spiro atoms. The molecule has 1 atom stereocenters. The molecular weight excluding hydrogens is 160 g/mol. The SMILES string of the molecule is C=CC(O)(CC)CCC=C(C)CC. The Balaban J connectivity index is 3.93. The summed E-state index contributed by atoms with van der Waals surface area (Å²) in [5.41, 5.74) is 0.729. The van der Waals surface area contributed by atoms with Crippen LogP contribution in [0.25, 0.3) is 0 Å². The van der Waals surface area contributed by atoms with Crippen molar-refractivity contribution in [1.82, 2.24) is 0 Å². The van der Waals surface area contributed by atoms with Crippen molar-refractivity contribution in [2.24, 2.45) is 0 Å². The highest BCUT2D eigenvalue weighted by atomic mass is 16.3. The molecule has 0 fully saturated rings. The number of aliphatic hydroxyl groups is 1. The topological polar surface area (TPSA) is 20.2 Å². The molecule has 0 saturated carbocycles. The summed E-state index contributed by atoms with van der Waals surface area (Å²) in [7, 11) is 0. The van der Waals surface area contributed by atoms with Crippen LogP contribution in [-0.4, -0.2) is 10.7 Å². The van der Waals surface area contributed by atoms with Gasteiger partial charge < -0.3 is 5.11 Å². The molecule has 1 unspecified atom stereocenters. The van der Waals surface area contributed by atoms with Gasteiger partial charge in [-0.15, -0.1) is 6.58 Å². The van der Waals surface area contributed by atoms with Gasteiger partial charge in [0.1, 0.15) is 0 Å². The van der Waals surface area contributed by atoms with Crippen molar-refractivity contribution in [3.8, 4) is 0 Å². The van der Waals surface area contributed by atoms with Gasteiger partial charge in [0.25, 0.3) is 0 Å². The Bertz CT molecular complexity index is 182. The van der Waals surface area contributed by atoms with Crippen LogP contribution in [0.3, 0.4) is 0 Å². The predicted molar refractivity (Wildman–Crippen MR) is 58.7 cm³/mol. The molecule has 0 aliphatic carbocycles. The summed E-state index contributed by atoms with van der Waals surface area (Å²) in [6.45, 7) is 9.90. The Hall–Kier alpha value is -0.560. The largest absolute Gasteiger partial charge is 0.386 e. The third kappa shape index (κ3) is 4.89. The van der Waals surface area contributed by atoms with Crippen molar-refractivity contribution >= 4 is 0 Å². The molecule has 0 aromatic carbocycles. The van der Waals surface area contributed by atoms with Crippen molar-refractivity contribution in [3.05, 3.63) is 24.3 Å². The van der Waals surface area contributed by atoms with E-state index in [1.165, 1.54) is 5.57 Å². The summed E-state index contributed by atoms with van der Waals surface area (Å²) in [5.74, 6) is 0. The fourth-order valence-electron chi connectivity index (χ4n) is 1.14. The quantitative estimate of drug-likeness (QED) is 0.624. The first-order valence-electron chi connectivity index (χ1n) is 5.09. The first-order chi connectivity index (χ1) is 6.08. The van der Waals surface area contributed by atoms with Crippen molar-refractivity contribution in [1.29, 1.82) is 0 Å². The minimum atomic E-state index is -0.662. The van der Waals surface area contributed by atoms with Gasteiger partial charge in [-0.25, -0.2) is 0 Å². The molecule has 0 aliphatic heterocycles.